The third-order valence-corrected chi connectivity index (χ3v) is 3.46. The van der Waals surface area contributed by atoms with Crippen LogP contribution in [0, 0.1) is 13.8 Å². The standard InChI is InChI=1S/C18H16/c1-13-10-11-16(14(2)12-13)18-9-5-7-15-6-3-4-8-17(15)18/h3-12H,1-2H3. The van der Waals surface area contributed by atoms with Crippen LogP contribution in [0.5, 0.6) is 0 Å². The van der Waals surface area contributed by atoms with E-state index >= 15 is 0 Å². The molecule has 0 aliphatic heterocycles. The molecule has 0 spiro atoms. The smallest absolute Gasteiger partial charge is 0.0103 e. The van der Waals surface area contributed by atoms with Crippen molar-refractivity contribution >= 4 is 10.8 Å². The first-order valence-electron chi connectivity index (χ1n) is 6.31. The molecular formula is C18H16. The Labute approximate surface area is 108 Å². The van der Waals surface area contributed by atoms with E-state index in [1.54, 1.807) is 0 Å². The number of hydrogen-bond acceptors (Lipinski definition) is 0. The van der Waals surface area contributed by atoms with Gasteiger partial charge in [-0.3, -0.25) is 0 Å². The quantitative estimate of drug-likeness (QED) is 0.546. The van der Waals surface area contributed by atoms with Gasteiger partial charge in [-0.05, 0) is 41.3 Å². The minimum absolute atomic E-state index is 1.30. The van der Waals surface area contributed by atoms with E-state index in [1.165, 1.54) is 33.0 Å². The van der Waals surface area contributed by atoms with Crippen molar-refractivity contribution in [3.63, 3.8) is 0 Å². The molecule has 3 aromatic carbocycles. The van der Waals surface area contributed by atoms with Gasteiger partial charge >= 0.3 is 0 Å². The van der Waals surface area contributed by atoms with Crippen LogP contribution in [-0.4, -0.2) is 0 Å². The van der Waals surface area contributed by atoms with Crippen LogP contribution >= 0.6 is 0 Å². The van der Waals surface area contributed by atoms with E-state index in [2.05, 4.69) is 74.5 Å². The van der Waals surface area contributed by atoms with Crippen LogP contribution in [0.4, 0.5) is 0 Å². The summed E-state index contributed by atoms with van der Waals surface area (Å²) in [4.78, 5) is 0. The number of benzene rings is 3. The van der Waals surface area contributed by atoms with Gasteiger partial charge in [0.25, 0.3) is 0 Å². The molecule has 0 aromatic heterocycles. The molecule has 0 heterocycles. The number of rotatable bonds is 1. The second kappa shape index (κ2) is 4.30. The van der Waals surface area contributed by atoms with Gasteiger partial charge in [0.15, 0.2) is 0 Å². The van der Waals surface area contributed by atoms with Crippen LogP contribution in [-0.2, 0) is 0 Å². The summed E-state index contributed by atoms with van der Waals surface area (Å²) in [6.45, 7) is 4.32. The largest absolute Gasteiger partial charge is 0.0616 e. The lowest BCUT2D eigenvalue weighted by Gasteiger charge is -2.10. The molecule has 0 nitrogen and oxygen atoms in total. The van der Waals surface area contributed by atoms with Crippen LogP contribution in [0.15, 0.2) is 60.7 Å². The van der Waals surface area contributed by atoms with Crippen LogP contribution < -0.4 is 0 Å². The molecule has 0 bridgehead atoms. The number of fused-ring (bicyclic) bond motifs is 1. The van der Waals surface area contributed by atoms with Crippen molar-refractivity contribution in [1.29, 1.82) is 0 Å². The van der Waals surface area contributed by atoms with Gasteiger partial charge in [0, 0.05) is 0 Å². The van der Waals surface area contributed by atoms with E-state index in [4.69, 9.17) is 0 Å². The summed E-state index contributed by atoms with van der Waals surface area (Å²) < 4.78 is 0. The van der Waals surface area contributed by atoms with E-state index in [9.17, 15) is 0 Å². The Morgan fingerprint density at radius 3 is 2.28 bits per heavy atom. The molecular weight excluding hydrogens is 216 g/mol. The highest BCUT2D eigenvalue weighted by molar-refractivity contribution is 5.97. The highest BCUT2D eigenvalue weighted by Gasteiger charge is 2.05. The summed E-state index contributed by atoms with van der Waals surface area (Å²) in [5.74, 6) is 0. The lowest BCUT2D eigenvalue weighted by Crippen LogP contribution is -1.86. The van der Waals surface area contributed by atoms with Crippen LogP contribution in [0.1, 0.15) is 11.1 Å². The van der Waals surface area contributed by atoms with Crippen molar-refractivity contribution in [2.45, 2.75) is 13.8 Å². The third-order valence-electron chi connectivity index (χ3n) is 3.46. The average Bonchev–Trinajstić information content (AvgIpc) is 2.38. The monoisotopic (exact) mass is 232 g/mol. The van der Waals surface area contributed by atoms with Crippen molar-refractivity contribution < 1.29 is 0 Å². The predicted octanol–water partition coefficient (Wildman–Crippen LogP) is 5.12. The molecule has 0 saturated carbocycles. The SMILES string of the molecule is Cc1ccc(-c2cccc3ccccc23)c(C)c1. The lowest BCUT2D eigenvalue weighted by atomic mass is 9.94. The maximum atomic E-state index is 2.25. The van der Waals surface area contributed by atoms with Crippen molar-refractivity contribution in [2.75, 3.05) is 0 Å². The molecule has 0 saturated heterocycles. The van der Waals surface area contributed by atoms with Gasteiger partial charge in [0.2, 0.25) is 0 Å². The predicted molar refractivity (Wildman–Crippen MR) is 78.9 cm³/mol. The average molecular weight is 232 g/mol. The first-order chi connectivity index (χ1) is 8.75. The molecule has 0 N–H and O–H groups in total. The van der Waals surface area contributed by atoms with Gasteiger partial charge in [0.05, 0.1) is 0 Å². The molecule has 3 aromatic rings. The molecule has 0 amide bonds. The van der Waals surface area contributed by atoms with Gasteiger partial charge < -0.3 is 0 Å². The van der Waals surface area contributed by atoms with E-state index < -0.39 is 0 Å². The first kappa shape index (κ1) is 11.0. The van der Waals surface area contributed by atoms with Gasteiger partial charge in [0.1, 0.15) is 0 Å². The molecule has 88 valence electrons. The Morgan fingerprint density at radius 2 is 1.44 bits per heavy atom. The molecule has 18 heavy (non-hydrogen) atoms. The minimum atomic E-state index is 1.30. The molecule has 0 heteroatoms. The first-order valence-corrected chi connectivity index (χ1v) is 6.31. The maximum Gasteiger partial charge on any atom is -0.0103 e. The molecule has 0 radical (unpaired) electrons. The minimum Gasteiger partial charge on any atom is -0.0616 e. The second-order valence-corrected chi connectivity index (χ2v) is 4.85. The molecule has 3 rings (SSSR count). The van der Waals surface area contributed by atoms with Crippen molar-refractivity contribution in [1.82, 2.24) is 0 Å². The summed E-state index contributed by atoms with van der Waals surface area (Å²) in [7, 11) is 0. The summed E-state index contributed by atoms with van der Waals surface area (Å²) in [5, 5.41) is 2.63. The number of aryl methyl sites for hydroxylation is 2. The van der Waals surface area contributed by atoms with E-state index in [0.717, 1.165) is 0 Å². The van der Waals surface area contributed by atoms with E-state index in [0.29, 0.717) is 0 Å². The Bertz CT molecular complexity index is 703. The summed E-state index contributed by atoms with van der Waals surface area (Å²) >= 11 is 0. The fraction of sp³-hybridized carbons (Fsp3) is 0.111. The molecule has 0 aliphatic rings. The fourth-order valence-corrected chi connectivity index (χ4v) is 2.58. The van der Waals surface area contributed by atoms with E-state index in [1.807, 2.05) is 0 Å². The highest BCUT2D eigenvalue weighted by atomic mass is 14.1. The zero-order chi connectivity index (χ0) is 12.5. The van der Waals surface area contributed by atoms with Gasteiger partial charge in [-0.15, -0.1) is 0 Å². The molecule has 0 fully saturated rings. The summed E-state index contributed by atoms with van der Waals surface area (Å²) in [6.07, 6.45) is 0. The van der Waals surface area contributed by atoms with E-state index in [-0.39, 0.29) is 0 Å². The number of hydrogen-bond donors (Lipinski definition) is 0. The van der Waals surface area contributed by atoms with Gasteiger partial charge in [-0.1, -0.05) is 66.2 Å². The lowest BCUT2D eigenvalue weighted by molar-refractivity contribution is 1.39. The Hall–Kier alpha value is -2.08. The second-order valence-electron chi connectivity index (χ2n) is 4.85. The topological polar surface area (TPSA) is 0 Å². The van der Waals surface area contributed by atoms with Gasteiger partial charge in [-0.2, -0.15) is 0 Å². The van der Waals surface area contributed by atoms with Crippen LogP contribution in [0.3, 0.4) is 0 Å². The van der Waals surface area contributed by atoms with Crippen LogP contribution in [0.2, 0.25) is 0 Å². The van der Waals surface area contributed by atoms with Crippen molar-refractivity contribution in [2.24, 2.45) is 0 Å². The molecule has 0 atom stereocenters. The maximum absolute atomic E-state index is 2.25. The summed E-state index contributed by atoms with van der Waals surface area (Å²) in [5.41, 5.74) is 5.31. The fourth-order valence-electron chi connectivity index (χ4n) is 2.58. The normalized spacial score (nSPS) is 10.8. The summed E-state index contributed by atoms with van der Waals surface area (Å²) in [6, 6.07) is 21.7. The van der Waals surface area contributed by atoms with Crippen molar-refractivity contribution in [3.05, 3.63) is 71.8 Å². The Balaban J connectivity index is 2.31. The molecule has 0 aliphatic carbocycles. The zero-order valence-electron chi connectivity index (χ0n) is 10.8. The van der Waals surface area contributed by atoms with Gasteiger partial charge in [-0.25, -0.2) is 0 Å². The zero-order valence-corrected chi connectivity index (χ0v) is 10.8. The Kier molecular flexibility index (Phi) is 2.64. The van der Waals surface area contributed by atoms with Crippen LogP contribution in [0.25, 0.3) is 21.9 Å². The Morgan fingerprint density at radius 1 is 0.667 bits per heavy atom. The highest BCUT2D eigenvalue weighted by Crippen LogP contribution is 2.30. The van der Waals surface area contributed by atoms with Crippen molar-refractivity contribution in [3.8, 4) is 11.1 Å². The molecule has 0 unspecified atom stereocenters. The third kappa shape index (κ3) is 1.80.